The van der Waals surface area contributed by atoms with Crippen LogP contribution in [0.4, 0.5) is 5.69 Å². The average Bonchev–Trinajstić information content (AvgIpc) is 2.71. The van der Waals surface area contributed by atoms with Crippen LogP contribution in [0.2, 0.25) is 0 Å². The SMILES string of the molecule is Cc1cc(CNS(=O)(=O)c2c(C)ccc(N)c2C)sc1C. The van der Waals surface area contributed by atoms with Crippen LogP contribution in [0, 0.1) is 27.7 Å². The molecular formula is C15H20N2O2S2. The van der Waals surface area contributed by atoms with Gasteiger partial charge in [-0.25, -0.2) is 13.1 Å². The summed E-state index contributed by atoms with van der Waals surface area (Å²) in [4.78, 5) is 2.50. The molecule has 1 aromatic carbocycles. The molecule has 1 aromatic heterocycles. The maximum atomic E-state index is 12.5. The summed E-state index contributed by atoms with van der Waals surface area (Å²) in [6.45, 7) is 7.87. The number of nitrogens with two attached hydrogens (primary N) is 1. The molecule has 21 heavy (non-hydrogen) atoms. The van der Waals surface area contributed by atoms with Gasteiger partial charge in [-0.2, -0.15) is 0 Å². The molecule has 0 spiro atoms. The fourth-order valence-electron chi connectivity index (χ4n) is 2.23. The molecule has 0 atom stereocenters. The van der Waals surface area contributed by atoms with Gasteiger partial charge in [0, 0.05) is 22.0 Å². The van der Waals surface area contributed by atoms with Gasteiger partial charge in [-0.05, 0) is 56.5 Å². The first-order valence-corrected chi connectivity index (χ1v) is 8.93. The highest BCUT2D eigenvalue weighted by molar-refractivity contribution is 7.89. The van der Waals surface area contributed by atoms with E-state index in [0.717, 1.165) is 4.88 Å². The summed E-state index contributed by atoms with van der Waals surface area (Å²) in [6, 6.07) is 5.48. The number of aryl methyl sites for hydroxylation is 3. The minimum Gasteiger partial charge on any atom is -0.398 e. The molecule has 1 heterocycles. The lowest BCUT2D eigenvalue weighted by Crippen LogP contribution is -2.24. The van der Waals surface area contributed by atoms with Gasteiger partial charge in [0.05, 0.1) is 4.90 Å². The van der Waals surface area contributed by atoms with Crippen molar-refractivity contribution in [1.29, 1.82) is 0 Å². The topological polar surface area (TPSA) is 72.2 Å². The van der Waals surface area contributed by atoms with Crippen LogP contribution in [0.1, 0.15) is 26.4 Å². The zero-order valence-electron chi connectivity index (χ0n) is 12.6. The van der Waals surface area contributed by atoms with Crippen molar-refractivity contribution in [1.82, 2.24) is 4.72 Å². The number of hydrogen-bond acceptors (Lipinski definition) is 4. The van der Waals surface area contributed by atoms with E-state index in [-0.39, 0.29) is 4.90 Å². The maximum Gasteiger partial charge on any atom is 0.241 e. The minimum absolute atomic E-state index is 0.285. The zero-order chi connectivity index (χ0) is 15.8. The Labute approximate surface area is 130 Å². The summed E-state index contributed by atoms with van der Waals surface area (Å²) in [5, 5.41) is 0. The van der Waals surface area contributed by atoms with E-state index < -0.39 is 10.0 Å². The van der Waals surface area contributed by atoms with Crippen molar-refractivity contribution in [3.05, 3.63) is 44.6 Å². The van der Waals surface area contributed by atoms with Gasteiger partial charge in [0.15, 0.2) is 0 Å². The van der Waals surface area contributed by atoms with E-state index >= 15 is 0 Å². The first-order chi connectivity index (χ1) is 9.72. The summed E-state index contributed by atoms with van der Waals surface area (Å²) in [5.74, 6) is 0. The quantitative estimate of drug-likeness (QED) is 0.849. The largest absolute Gasteiger partial charge is 0.398 e. The van der Waals surface area contributed by atoms with Crippen molar-refractivity contribution >= 4 is 27.0 Å². The van der Waals surface area contributed by atoms with Crippen LogP contribution in [-0.4, -0.2) is 8.42 Å². The van der Waals surface area contributed by atoms with Crippen LogP contribution in [0.15, 0.2) is 23.1 Å². The number of sulfonamides is 1. The van der Waals surface area contributed by atoms with Crippen molar-refractivity contribution in [2.75, 3.05) is 5.73 Å². The van der Waals surface area contributed by atoms with E-state index in [1.54, 1.807) is 37.3 Å². The molecule has 2 aromatic rings. The Balaban J connectivity index is 2.29. The van der Waals surface area contributed by atoms with Crippen LogP contribution in [-0.2, 0) is 16.6 Å². The summed E-state index contributed by atoms with van der Waals surface area (Å²) in [6.07, 6.45) is 0. The number of anilines is 1. The molecule has 114 valence electrons. The molecule has 0 amide bonds. The normalized spacial score (nSPS) is 11.8. The fraction of sp³-hybridized carbons (Fsp3) is 0.333. The molecule has 3 N–H and O–H groups in total. The molecule has 0 aliphatic carbocycles. The molecule has 0 saturated carbocycles. The van der Waals surface area contributed by atoms with Gasteiger partial charge in [-0.1, -0.05) is 6.07 Å². The fourth-order valence-corrected chi connectivity index (χ4v) is 4.82. The Bertz CT molecular complexity index is 758. The monoisotopic (exact) mass is 324 g/mol. The van der Waals surface area contributed by atoms with Crippen molar-refractivity contribution in [2.24, 2.45) is 0 Å². The van der Waals surface area contributed by atoms with Crippen LogP contribution in [0.25, 0.3) is 0 Å². The Morgan fingerprint density at radius 3 is 2.38 bits per heavy atom. The molecule has 0 bridgehead atoms. The van der Waals surface area contributed by atoms with Gasteiger partial charge >= 0.3 is 0 Å². The second-order valence-corrected chi connectivity index (χ2v) is 8.25. The first kappa shape index (κ1) is 16.0. The van der Waals surface area contributed by atoms with Crippen LogP contribution >= 0.6 is 11.3 Å². The van der Waals surface area contributed by atoms with Crippen molar-refractivity contribution in [3.63, 3.8) is 0 Å². The predicted octanol–water partition coefficient (Wildman–Crippen LogP) is 3.04. The average molecular weight is 324 g/mol. The second-order valence-electron chi connectivity index (χ2n) is 5.20. The number of hydrogen-bond donors (Lipinski definition) is 2. The van der Waals surface area contributed by atoms with E-state index in [0.29, 0.717) is 23.4 Å². The molecular weight excluding hydrogens is 304 g/mol. The molecule has 0 aliphatic rings. The van der Waals surface area contributed by atoms with Crippen molar-refractivity contribution in [3.8, 4) is 0 Å². The van der Waals surface area contributed by atoms with Gasteiger partial charge in [-0.3, -0.25) is 0 Å². The van der Waals surface area contributed by atoms with E-state index in [1.165, 1.54) is 10.4 Å². The van der Waals surface area contributed by atoms with Gasteiger partial charge in [0.2, 0.25) is 10.0 Å². The highest BCUT2D eigenvalue weighted by Gasteiger charge is 2.20. The third kappa shape index (κ3) is 3.28. The molecule has 4 nitrogen and oxygen atoms in total. The molecule has 0 radical (unpaired) electrons. The van der Waals surface area contributed by atoms with E-state index in [2.05, 4.69) is 4.72 Å². The van der Waals surface area contributed by atoms with Crippen molar-refractivity contribution in [2.45, 2.75) is 39.1 Å². The number of thiophene rings is 1. The van der Waals surface area contributed by atoms with Gasteiger partial charge in [-0.15, -0.1) is 11.3 Å². The summed E-state index contributed by atoms with van der Waals surface area (Å²) < 4.78 is 27.7. The molecule has 0 unspecified atom stereocenters. The molecule has 6 heteroatoms. The number of nitrogen functional groups attached to an aromatic ring is 1. The number of nitrogens with one attached hydrogen (secondary N) is 1. The van der Waals surface area contributed by atoms with Crippen molar-refractivity contribution < 1.29 is 8.42 Å². The Morgan fingerprint density at radius 2 is 1.81 bits per heavy atom. The predicted molar refractivity (Wildman–Crippen MR) is 88.1 cm³/mol. The molecule has 0 aliphatic heterocycles. The maximum absolute atomic E-state index is 12.5. The summed E-state index contributed by atoms with van der Waals surface area (Å²) in [7, 11) is -3.57. The van der Waals surface area contributed by atoms with Gasteiger partial charge < -0.3 is 5.73 Å². The Hall–Kier alpha value is -1.37. The standard InChI is InChI=1S/C15H20N2O2S2/c1-9-5-6-14(16)11(3)15(9)21(18,19)17-8-13-7-10(2)12(4)20-13/h5-7,17H,8,16H2,1-4H3. The number of rotatable bonds is 4. The second kappa shape index (κ2) is 5.79. The first-order valence-electron chi connectivity index (χ1n) is 6.63. The van der Waals surface area contributed by atoms with Gasteiger partial charge in [0.1, 0.15) is 0 Å². The zero-order valence-corrected chi connectivity index (χ0v) is 14.3. The molecule has 0 fully saturated rings. The number of benzene rings is 1. The van der Waals surface area contributed by atoms with Gasteiger partial charge in [0.25, 0.3) is 0 Å². The lowest BCUT2D eigenvalue weighted by atomic mass is 10.1. The summed E-state index contributed by atoms with van der Waals surface area (Å²) in [5.41, 5.74) is 8.80. The Kier molecular flexibility index (Phi) is 4.41. The van der Waals surface area contributed by atoms with E-state index in [9.17, 15) is 8.42 Å². The molecule has 0 saturated heterocycles. The highest BCUT2D eigenvalue weighted by Crippen LogP contribution is 2.25. The lowest BCUT2D eigenvalue weighted by Gasteiger charge is -2.13. The Morgan fingerprint density at radius 1 is 1.14 bits per heavy atom. The van der Waals surface area contributed by atoms with Crippen LogP contribution in [0.3, 0.4) is 0 Å². The van der Waals surface area contributed by atoms with Crippen LogP contribution in [0.5, 0.6) is 0 Å². The van der Waals surface area contributed by atoms with E-state index in [4.69, 9.17) is 5.73 Å². The third-order valence-corrected chi connectivity index (χ3v) is 6.41. The highest BCUT2D eigenvalue weighted by atomic mass is 32.2. The lowest BCUT2D eigenvalue weighted by molar-refractivity contribution is 0.580. The molecule has 2 rings (SSSR count). The summed E-state index contributed by atoms with van der Waals surface area (Å²) >= 11 is 1.61. The van der Waals surface area contributed by atoms with Crippen LogP contribution < -0.4 is 10.5 Å². The smallest absolute Gasteiger partial charge is 0.241 e. The minimum atomic E-state index is -3.57. The third-order valence-electron chi connectivity index (χ3n) is 3.57. The van der Waals surface area contributed by atoms with E-state index in [1.807, 2.05) is 19.9 Å².